The lowest BCUT2D eigenvalue weighted by molar-refractivity contribution is -0.100. The van der Waals surface area contributed by atoms with E-state index in [2.05, 4.69) is 23.8 Å². The van der Waals surface area contributed by atoms with Gasteiger partial charge in [-0.25, -0.2) is 4.98 Å². The zero-order valence-corrected chi connectivity index (χ0v) is 11.9. The van der Waals surface area contributed by atoms with Gasteiger partial charge in [0.05, 0.1) is 0 Å². The molecule has 1 N–H and O–H groups in total. The normalized spacial score (nSPS) is 18.7. The zero-order chi connectivity index (χ0) is 13.9. The van der Waals surface area contributed by atoms with E-state index in [1.54, 1.807) is 13.2 Å². The van der Waals surface area contributed by atoms with Gasteiger partial charge in [-0.1, -0.05) is 13.8 Å². The lowest BCUT2D eigenvalue weighted by Crippen LogP contribution is -2.39. The van der Waals surface area contributed by atoms with Crippen LogP contribution in [0, 0.1) is 5.92 Å². The number of hydrogen-bond donors (Lipinski definition) is 1. The van der Waals surface area contributed by atoms with Gasteiger partial charge < -0.3 is 14.5 Å². The lowest BCUT2D eigenvalue weighted by Gasteiger charge is -2.34. The Labute approximate surface area is 113 Å². The van der Waals surface area contributed by atoms with Crippen LogP contribution in [-0.2, 0) is 21.5 Å². The van der Waals surface area contributed by atoms with Gasteiger partial charge in [0.2, 0.25) is 0 Å². The highest BCUT2D eigenvalue weighted by Crippen LogP contribution is 2.32. The summed E-state index contributed by atoms with van der Waals surface area (Å²) in [6.07, 6.45) is 2.24. The SMILES string of the molecule is COC1(c2nc(CC(C)C)cc(=O)[nH]2)CCOCC1. The second-order valence-corrected chi connectivity index (χ2v) is 5.49. The van der Waals surface area contributed by atoms with Gasteiger partial charge in [0.25, 0.3) is 5.56 Å². The van der Waals surface area contributed by atoms with E-state index in [1.807, 2.05) is 0 Å². The van der Waals surface area contributed by atoms with Crippen LogP contribution in [0.3, 0.4) is 0 Å². The van der Waals surface area contributed by atoms with E-state index in [0.717, 1.165) is 25.0 Å². The molecule has 0 atom stereocenters. The predicted octanol–water partition coefficient (Wildman–Crippen LogP) is 1.62. The lowest BCUT2D eigenvalue weighted by atomic mass is 9.92. The highest BCUT2D eigenvalue weighted by molar-refractivity contribution is 5.10. The monoisotopic (exact) mass is 266 g/mol. The summed E-state index contributed by atoms with van der Waals surface area (Å²) < 4.78 is 11.0. The Hall–Kier alpha value is -1.20. The summed E-state index contributed by atoms with van der Waals surface area (Å²) in [5, 5.41) is 0. The molecule has 1 aliphatic rings. The molecule has 0 saturated carbocycles. The number of aromatic nitrogens is 2. The van der Waals surface area contributed by atoms with E-state index < -0.39 is 5.60 Å². The minimum absolute atomic E-state index is 0.108. The average molecular weight is 266 g/mol. The summed E-state index contributed by atoms with van der Waals surface area (Å²) in [7, 11) is 1.67. The van der Waals surface area contributed by atoms with Gasteiger partial charge in [0.1, 0.15) is 11.4 Å². The van der Waals surface area contributed by atoms with Crippen LogP contribution >= 0.6 is 0 Å². The molecule has 0 bridgehead atoms. The number of nitrogens with one attached hydrogen (secondary N) is 1. The fourth-order valence-corrected chi connectivity index (χ4v) is 2.49. The molecule has 2 heterocycles. The molecule has 2 rings (SSSR count). The van der Waals surface area contributed by atoms with Crippen molar-refractivity contribution in [2.45, 2.75) is 38.7 Å². The summed E-state index contributed by atoms with van der Waals surface area (Å²) in [6, 6.07) is 1.58. The van der Waals surface area contributed by atoms with Gasteiger partial charge in [0, 0.05) is 44.9 Å². The number of hydrogen-bond acceptors (Lipinski definition) is 4. The van der Waals surface area contributed by atoms with Crippen LogP contribution in [0.15, 0.2) is 10.9 Å². The number of nitrogens with zero attached hydrogens (tertiary/aromatic N) is 1. The molecule has 1 aromatic rings. The number of aromatic amines is 1. The molecule has 1 fully saturated rings. The van der Waals surface area contributed by atoms with Gasteiger partial charge in [0.15, 0.2) is 0 Å². The average Bonchev–Trinajstić information content (AvgIpc) is 2.38. The second kappa shape index (κ2) is 5.84. The van der Waals surface area contributed by atoms with Crippen molar-refractivity contribution in [1.82, 2.24) is 9.97 Å². The Bertz CT molecular complexity index is 476. The Morgan fingerprint density at radius 3 is 2.74 bits per heavy atom. The first kappa shape index (κ1) is 14.2. The molecule has 0 aliphatic carbocycles. The van der Waals surface area contributed by atoms with Gasteiger partial charge >= 0.3 is 0 Å². The van der Waals surface area contributed by atoms with E-state index in [-0.39, 0.29) is 5.56 Å². The molecule has 0 radical (unpaired) electrons. The summed E-state index contributed by atoms with van der Waals surface area (Å²) in [4.78, 5) is 19.3. The Morgan fingerprint density at radius 2 is 2.16 bits per heavy atom. The molecule has 5 heteroatoms. The molecule has 106 valence electrons. The van der Waals surface area contributed by atoms with Crippen molar-refractivity contribution in [2.24, 2.45) is 5.92 Å². The van der Waals surface area contributed by atoms with Crippen LogP contribution in [0.5, 0.6) is 0 Å². The van der Waals surface area contributed by atoms with E-state index in [9.17, 15) is 4.79 Å². The Kier molecular flexibility index (Phi) is 4.37. The van der Waals surface area contributed by atoms with E-state index in [0.29, 0.717) is 25.0 Å². The summed E-state index contributed by atoms with van der Waals surface area (Å²) >= 11 is 0. The quantitative estimate of drug-likeness (QED) is 0.899. The van der Waals surface area contributed by atoms with E-state index in [4.69, 9.17) is 9.47 Å². The minimum atomic E-state index is -0.510. The van der Waals surface area contributed by atoms with E-state index >= 15 is 0 Å². The third kappa shape index (κ3) is 3.22. The van der Waals surface area contributed by atoms with Crippen LogP contribution in [0.1, 0.15) is 38.2 Å². The first-order chi connectivity index (χ1) is 9.05. The van der Waals surface area contributed by atoms with Crippen molar-refractivity contribution < 1.29 is 9.47 Å². The summed E-state index contributed by atoms with van der Waals surface area (Å²) in [5.41, 5.74) is 0.213. The largest absolute Gasteiger partial charge is 0.381 e. The molecule has 19 heavy (non-hydrogen) atoms. The number of ether oxygens (including phenoxy) is 2. The third-order valence-corrected chi connectivity index (χ3v) is 3.53. The fraction of sp³-hybridized carbons (Fsp3) is 0.714. The molecule has 0 aromatic carbocycles. The fourth-order valence-electron chi connectivity index (χ4n) is 2.49. The highest BCUT2D eigenvalue weighted by Gasteiger charge is 2.37. The van der Waals surface area contributed by atoms with Crippen molar-refractivity contribution in [3.05, 3.63) is 27.9 Å². The maximum atomic E-state index is 11.8. The Balaban J connectivity index is 2.36. The Morgan fingerprint density at radius 1 is 1.47 bits per heavy atom. The molecule has 1 saturated heterocycles. The van der Waals surface area contributed by atoms with Crippen molar-refractivity contribution in [1.29, 1.82) is 0 Å². The second-order valence-electron chi connectivity index (χ2n) is 5.49. The molecule has 0 spiro atoms. The molecular weight excluding hydrogens is 244 g/mol. The first-order valence-corrected chi connectivity index (χ1v) is 6.79. The molecule has 0 unspecified atom stereocenters. The topological polar surface area (TPSA) is 64.2 Å². The zero-order valence-electron chi connectivity index (χ0n) is 11.9. The predicted molar refractivity (Wildman–Crippen MR) is 72.1 cm³/mol. The standard InChI is InChI=1S/C14H22N2O3/c1-10(2)8-11-9-12(17)16-13(15-11)14(18-3)4-6-19-7-5-14/h9-10H,4-8H2,1-3H3,(H,15,16,17). The molecular formula is C14H22N2O3. The maximum Gasteiger partial charge on any atom is 0.251 e. The van der Waals surface area contributed by atoms with Crippen molar-refractivity contribution in [3.8, 4) is 0 Å². The summed E-state index contributed by atoms with van der Waals surface area (Å²) in [5.74, 6) is 1.11. The highest BCUT2D eigenvalue weighted by atomic mass is 16.5. The van der Waals surface area contributed by atoms with Gasteiger partial charge in [-0.05, 0) is 12.3 Å². The maximum absolute atomic E-state index is 11.8. The van der Waals surface area contributed by atoms with Gasteiger partial charge in [-0.2, -0.15) is 0 Å². The smallest absolute Gasteiger partial charge is 0.251 e. The third-order valence-electron chi connectivity index (χ3n) is 3.53. The molecule has 0 amide bonds. The van der Waals surface area contributed by atoms with Gasteiger partial charge in [-0.15, -0.1) is 0 Å². The summed E-state index contributed by atoms with van der Waals surface area (Å²) in [6.45, 7) is 5.49. The van der Waals surface area contributed by atoms with Crippen LogP contribution in [0.25, 0.3) is 0 Å². The van der Waals surface area contributed by atoms with Crippen molar-refractivity contribution in [2.75, 3.05) is 20.3 Å². The van der Waals surface area contributed by atoms with Crippen molar-refractivity contribution >= 4 is 0 Å². The molecule has 5 nitrogen and oxygen atoms in total. The number of H-pyrrole nitrogens is 1. The van der Waals surface area contributed by atoms with Crippen LogP contribution in [-0.4, -0.2) is 30.3 Å². The number of rotatable bonds is 4. The van der Waals surface area contributed by atoms with Crippen LogP contribution < -0.4 is 5.56 Å². The first-order valence-electron chi connectivity index (χ1n) is 6.79. The molecule has 1 aliphatic heterocycles. The van der Waals surface area contributed by atoms with Crippen LogP contribution in [0.4, 0.5) is 0 Å². The van der Waals surface area contributed by atoms with Gasteiger partial charge in [-0.3, -0.25) is 4.79 Å². The molecule has 1 aromatic heterocycles. The number of methoxy groups -OCH3 is 1. The minimum Gasteiger partial charge on any atom is -0.381 e. The van der Waals surface area contributed by atoms with E-state index in [1.165, 1.54) is 0 Å². The van der Waals surface area contributed by atoms with Crippen LogP contribution in [0.2, 0.25) is 0 Å². The van der Waals surface area contributed by atoms with Crippen molar-refractivity contribution in [3.63, 3.8) is 0 Å².